The van der Waals surface area contributed by atoms with Gasteiger partial charge < -0.3 is 15.2 Å². The summed E-state index contributed by atoms with van der Waals surface area (Å²) < 4.78 is 4.99. The number of carbonyl (C=O) groups is 2. The summed E-state index contributed by atoms with van der Waals surface area (Å²) in [5.41, 5.74) is 0.280. The smallest absolute Gasteiger partial charge is 0.305 e. The maximum Gasteiger partial charge on any atom is 0.305 e. The highest BCUT2D eigenvalue weighted by molar-refractivity contribution is 5.89. The maximum atomic E-state index is 11.7. The molecule has 0 saturated carbocycles. The van der Waals surface area contributed by atoms with Gasteiger partial charge in [0.15, 0.2) is 0 Å². The first-order chi connectivity index (χ1) is 7.97. The van der Waals surface area contributed by atoms with Gasteiger partial charge >= 0.3 is 5.97 Å². The second-order valence-corrected chi connectivity index (χ2v) is 4.57. The van der Waals surface area contributed by atoms with Crippen molar-refractivity contribution in [3.05, 3.63) is 11.6 Å². The number of carboxylic acids is 1. The van der Waals surface area contributed by atoms with E-state index < -0.39 is 11.5 Å². The minimum atomic E-state index is -0.928. The van der Waals surface area contributed by atoms with E-state index in [4.69, 9.17) is 9.84 Å². The fourth-order valence-corrected chi connectivity index (χ4v) is 1.84. The van der Waals surface area contributed by atoms with Gasteiger partial charge in [0, 0.05) is 6.08 Å². The molecule has 96 valence electrons. The van der Waals surface area contributed by atoms with Crippen molar-refractivity contribution in [2.24, 2.45) is 0 Å². The Labute approximate surface area is 101 Å². The van der Waals surface area contributed by atoms with Crippen molar-refractivity contribution in [1.29, 1.82) is 0 Å². The van der Waals surface area contributed by atoms with Crippen LogP contribution < -0.4 is 5.32 Å². The van der Waals surface area contributed by atoms with Crippen LogP contribution >= 0.6 is 0 Å². The van der Waals surface area contributed by atoms with Crippen LogP contribution in [-0.4, -0.2) is 35.7 Å². The van der Waals surface area contributed by atoms with Gasteiger partial charge in [0.1, 0.15) is 0 Å². The number of hydrogen-bond donors (Lipinski definition) is 2. The van der Waals surface area contributed by atoms with Crippen molar-refractivity contribution in [1.82, 2.24) is 5.32 Å². The number of carbonyl (C=O) groups excluding carboxylic acids is 1. The van der Waals surface area contributed by atoms with Crippen LogP contribution in [0, 0.1) is 0 Å². The quantitative estimate of drug-likeness (QED) is 0.683. The average Bonchev–Trinajstić information content (AvgIpc) is 2.13. The zero-order chi connectivity index (χ0) is 12.9. The van der Waals surface area contributed by atoms with Gasteiger partial charge in [0.25, 0.3) is 0 Å². The first-order valence-electron chi connectivity index (χ1n) is 5.76. The Hall–Kier alpha value is -1.36. The summed E-state index contributed by atoms with van der Waals surface area (Å²) in [7, 11) is 0. The molecule has 0 aromatic heterocycles. The molecular formula is C12H19NO4. The molecule has 0 aromatic carbocycles. The van der Waals surface area contributed by atoms with Crippen molar-refractivity contribution in [3.8, 4) is 0 Å². The predicted molar refractivity (Wildman–Crippen MR) is 62.6 cm³/mol. The molecule has 0 atom stereocenters. The predicted octanol–water partition coefficient (Wildman–Crippen LogP) is 1.09. The molecule has 0 aromatic rings. The largest absolute Gasteiger partial charge is 0.481 e. The second-order valence-electron chi connectivity index (χ2n) is 4.57. The second kappa shape index (κ2) is 5.82. The lowest BCUT2D eigenvalue weighted by molar-refractivity contribution is -0.148. The van der Waals surface area contributed by atoms with Gasteiger partial charge in [-0.3, -0.25) is 9.59 Å². The Balaban J connectivity index is 2.54. The molecule has 1 aliphatic heterocycles. The topological polar surface area (TPSA) is 75.6 Å². The Morgan fingerprint density at radius 2 is 2.12 bits per heavy atom. The lowest BCUT2D eigenvalue weighted by Crippen LogP contribution is -2.62. The number of aliphatic carboxylic acids is 1. The fourth-order valence-electron chi connectivity index (χ4n) is 1.84. The summed E-state index contributed by atoms with van der Waals surface area (Å²) in [5, 5.41) is 11.5. The van der Waals surface area contributed by atoms with Gasteiger partial charge in [-0.05, 0) is 13.3 Å². The molecule has 17 heavy (non-hydrogen) atoms. The maximum absolute atomic E-state index is 11.7. The van der Waals surface area contributed by atoms with Crippen LogP contribution in [0.3, 0.4) is 0 Å². The van der Waals surface area contributed by atoms with Crippen LogP contribution in [0.15, 0.2) is 11.6 Å². The number of ether oxygens (including phenoxy) is 1. The number of allylic oxidation sites excluding steroid dienone is 1. The van der Waals surface area contributed by atoms with Gasteiger partial charge in [0.05, 0.1) is 25.2 Å². The van der Waals surface area contributed by atoms with E-state index in [0.717, 1.165) is 18.4 Å². The first kappa shape index (κ1) is 13.7. The lowest BCUT2D eigenvalue weighted by atomic mass is 9.93. The lowest BCUT2D eigenvalue weighted by Gasteiger charge is -2.40. The zero-order valence-corrected chi connectivity index (χ0v) is 10.3. The molecule has 5 nitrogen and oxygen atoms in total. The highest BCUT2D eigenvalue weighted by Crippen LogP contribution is 2.21. The summed E-state index contributed by atoms with van der Waals surface area (Å²) >= 11 is 0. The van der Waals surface area contributed by atoms with Crippen LogP contribution in [0.5, 0.6) is 0 Å². The van der Waals surface area contributed by atoms with Crippen molar-refractivity contribution in [2.45, 2.75) is 38.6 Å². The average molecular weight is 241 g/mol. The molecule has 0 unspecified atom stereocenters. The molecule has 1 saturated heterocycles. The zero-order valence-electron chi connectivity index (χ0n) is 10.3. The van der Waals surface area contributed by atoms with E-state index in [1.54, 1.807) is 0 Å². The van der Waals surface area contributed by atoms with E-state index in [9.17, 15) is 9.59 Å². The highest BCUT2D eigenvalue weighted by atomic mass is 16.5. The summed E-state index contributed by atoms with van der Waals surface area (Å²) in [6.45, 7) is 4.47. The van der Waals surface area contributed by atoms with E-state index in [-0.39, 0.29) is 25.5 Å². The monoisotopic (exact) mass is 241 g/mol. The molecule has 5 heteroatoms. The van der Waals surface area contributed by atoms with Crippen LogP contribution in [0.1, 0.15) is 33.1 Å². The molecule has 0 bridgehead atoms. The molecule has 1 heterocycles. The van der Waals surface area contributed by atoms with Gasteiger partial charge in [-0.2, -0.15) is 0 Å². The number of carboxylic acid groups (broad SMARTS) is 1. The van der Waals surface area contributed by atoms with Crippen LogP contribution in [0.4, 0.5) is 0 Å². The van der Waals surface area contributed by atoms with Crippen LogP contribution in [-0.2, 0) is 14.3 Å². The third-order valence-electron chi connectivity index (χ3n) is 2.66. The van der Waals surface area contributed by atoms with E-state index in [2.05, 4.69) is 5.32 Å². The van der Waals surface area contributed by atoms with E-state index in [1.165, 1.54) is 6.08 Å². The molecule has 0 radical (unpaired) electrons. The van der Waals surface area contributed by atoms with Crippen molar-refractivity contribution < 1.29 is 19.4 Å². The number of amides is 1. The summed E-state index contributed by atoms with van der Waals surface area (Å²) in [4.78, 5) is 22.4. The number of nitrogens with one attached hydrogen (secondary N) is 1. The minimum Gasteiger partial charge on any atom is -0.481 e. The molecule has 2 N–H and O–H groups in total. The van der Waals surface area contributed by atoms with E-state index in [0.29, 0.717) is 0 Å². The van der Waals surface area contributed by atoms with Gasteiger partial charge in [-0.15, -0.1) is 0 Å². The van der Waals surface area contributed by atoms with E-state index in [1.807, 2.05) is 13.8 Å². The summed E-state index contributed by atoms with van der Waals surface area (Å²) in [6.07, 6.45) is 3.29. The number of rotatable bonds is 6. The molecule has 1 rings (SSSR count). The Morgan fingerprint density at radius 3 is 2.53 bits per heavy atom. The number of hydrogen-bond acceptors (Lipinski definition) is 3. The summed E-state index contributed by atoms with van der Waals surface area (Å²) in [6, 6.07) is 0. The summed E-state index contributed by atoms with van der Waals surface area (Å²) in [5.74, 6) is -1.16. The molecule has 1 amide bonds. The highest BCUT2D eigenvalue weighted by Gasteiger charge is 2.41. The molecule has 1 aliphatic rings. The SMILES string of the molecule is CCC/C(C)=C/C(=O)NC1(CC(=O)O)COC1. The van der Waals surface area contributed by atoms with Crippen molar-refractivity contribution in [2.75, 3.05) is 13.2 Å². The van der Waals surface area contributed by atoms with Crippen molar-refractivity contribution in [3.63, 3.8) is 0 Å². The first-order valence-corrected chi connectivity index (χ1v) is 5.76. The Kier molecular flexibility index (Phi) is 4.69. The molecule has 0 spiro atoms. The Bertz CT molecular complexity index is 331. The van der Waals surface area contributed by atoms with Crippen LogP contribution in [0.25, 0.3) is 0 Å². The van der Waals surface area contributed by atoms with Crippen molar-refractivity contribution >= 4 is 11.9 Å². The Morgan fingerprint density at radius 1 is 1.47 bits per heavy atom. The van der Waals surface area contributed by atoms with E-state index >= 15 is 0 Å². The van der Waals surface area contributed by atoms with Gasteiger partial charge in [-0.1, -0.05) is 18.9 Å². The molecular weight excluding hydrogens is 222 g/mol. The molecule has 0 aliphatic carbocycles. The van der Waals surface area contributed by atoms with Gasteiger partial charge in [-0.25, -0.2) is 0 Å². The third kappa shape index (κ3) is 4.19. The fraction of sp³-hybridized carbons (Fsp3) is 0.667. The van der Waals surface area contributed by atoms with Crippen LogP contribution in [0.2, 0.25) is 0 Å². The normalized spacial score (nSPS) is 18.4. The minimum absolute atomic E-state index is 0.0978. The standard InChI is InChI=1S/C12H19NO4/c1-3-4-9(2)5-10(14)13-12(6-11(15)16)7-17-8-12/h5H,3-4,6-8H2,1-2H3,(H,13,14)(H,15,16)/b9-5+. The molecule has 1 fully saturated rings. The van der Waals surface area contributed by atoms with Gasteiger partial charge in [0.2, 0.25) is 5.91 Å². The third-order valence-corrected chi connectivity index (χ3v) is 2.66.